The molecule has 0 saturated heterocycles. The number of carbonyl (C=O) groups is 1. The normalized spacial score (nSPS) is 9.80. The van der Waals surface area contributed by atoms with Crippen LogP contribution in [0.1, 0.15) is 16.1 Å². The lowest BCUT2D eigenvalue weighted by Gasteiger charge is -2.10. The Balaban J connectivity index is 2.42. The van der Waals surface area contributed by atoms with Crippen molar-refractivity contribution in [1.29, 1.82) is 5.26 Å². The Bertz CT molecular complexity index is 723. The van der Waals surface area contributed by atoms with Gasteiger partial charge in [-0.15, -0.1) is 0 Å². The summed E-state index contributed by atoms with van der Waals surface area (Å²) in [5, 5.41) is 11.7. The molecule has 0 spiro atoms. The molecule has 2 aromatic rings. The highest BCUT2D eigenvalue weighted by Crippen LogP contribution is 2.24. The highest BCUT2D eigenvalue weighted by Gasteiger charge is 2.10. The predicted molar refractivity (Wildman–Crippen MR) is 71.6 cm³/mol. The highest BCUT2D eigenvalue weighted by atomic mass is 19.1. The van der Waals surface area contributed by atoms with E-state index in [0.717, 1.165) is 6.07 Å². The van der Waals surface area contributed by atoms with Gasteiger partial charge >= 0.3 is 0 Å². The number of rotatable bonds is 3. The number of anilines is 3. The molecule has 1 amide bonds. The smallest absolute Gasteiger partial charge is 0.267 e. The molecule has 6 nitrogen and oxygen atoms in total. The quantitative estimate of drug-likeness (QED) is 0.782. The summed E-state index contributed by atoms with van der Waals surface area (Å²) in [6.45, 7) is 0. The van der Waals surface area contributed by atoms with Crippen LogP contribution in [0.15, 0.2) is 30.3 Å². The number of nitrogens with one attached hydrogen (secondary N) is 1. The van der Waals surface area contributed by atoms with Gasteiger partial charge < -0.3 is 16.8 Å². The zero-order valence-electron chi connectivity index (χ0n) is 10.2. The van der Waals surface area contributed by atoms with Crippen LogP contribution in [-0.4, -0.2) is 10.9 Å². The zero-order valence-corrected chi connectivity index (χ0v) is 10.2. The third-order valence-electron chi connectivity index (χ3n) is 2.53. The Morgan fingerprint density at radius 3 is 2.75 bits per heavy atom. The second-order valence-electron chi connectivity index (χ2n) is 3.93. The molecule has 7 heteroatoms. The molecule has 1 aromatic heterocycles. The molecule has 5 N–H and O–H groups in total. The molecule has 0 atom stereocenters. The fourth-order valence-electron chi connectivity index (χ4n) is 1.55. The van der Waals surface area contributed by atoms with E-state index in [1.165, 1.54) is 24.3 Å². The van der Waals surface area contributed by atoms with Crippen LogP contribution in [0.2, 0.25) is 0 Å². The van der Waals surface area contributed by atoms with Gasteiger partial charge in [0.2, 0.25) is 0 Å². The summed E-state index contributed by atoms with van der Waals surface area (Å²) in [5.41, 5.74) is 11.6. The molecule has 0 bridgehead atoms. The molecule has 0 unspecified atom stereocenters. The Morgan fingerprint density at radius 2 is 2.10 bits per heavy atom. The molecule has 0 saturated carbocycles. The fraction of sp³-hybridized carbons (Fsp3) is 0. The summed E-state index contributed by atoms with van der Waals surface area (Å²) in [6.07, 6.45) is 0. The van der Waals surface area contributed by atoms with Crippen LogP contribution in [0.3, 0.4) is 0 Å². The van der Waals surface area contributed by atoms with Gasteiger partial charge in [0, 0.05) is 0 Å². The van der Waals surface area contributed by atoms with E-state index in [1.807, 2.05) is 6.07 Å². The van der Waals surface area contributed by atoms with Gasteiger partial charge in [-0.1, -0.05) is 0 Å². The van der Waals surface area contributed by atoms with Crippen LogP contribution >= 0.6 is 0 Å². The van der Waals surface area contributed by atoms with E-state index in [0.29, 0.717) is 5.69 Å². The van der Waals surface area contributed by atoms with Crippen LogP contribution in [0.5, 0.6) is 0 Å². The molecule has 0 radical (unpaired) electrons. The lowest BCUT2D eigenvalue weighted by atomic mass is 10.2. The van der Waals surface area contributed by atoms with Crippen LogP contribution in [0, 0.1) is 17.1 Å². The van der Waals surface area contributed by atoms with Gasteiger partial charge in [-0.3, -0.25) is 4.79 Å². The molecule has 1 heterocycles. The molecule has 0 aliphatic carbocycles. The zero-order chi connectivity index (χ0) is 14.7. The number of hydrogen-bond donors (Lipinski definition) is 3. The number of pyridine rings is 1. The molecule has 20 heavy (non-hydrogen) atoms. The number of benzene rings is 1. The van der Waals surface area contributed by atoms with Gasteiger partial charge in [-0.25, -0.2) is 9.37 Å². The van der Waals surface area contributed by atoms with E-state index in [2.05, 4.69) is 10.3 Å². The van der Waals surface area contributed by atoms with Crippen molar-refractivity contribution < 1.29 is 9.18 Å². The maximum atomic E-state index is 13.0. The van der Waals surface area contributed by atoms with Crippen molar-refractivity contribution >= 4 is 23.1 Å². The third-order valence-corrected chi connectivity index (χ3v) is 2.53. The minimum Gasteiger partial charge on any atom is -0.396 e. The predicted octanol–water partition coefficient (Wildman–Crippen LogP) is 1.52. The van der Waals surface area contributed by atoms with Gasteiger partial charge in [0.05, 0.1) is 16.9 Å². The van der Waals surface area contributed by atoms with Gasteiger partial charge in [0.15, 0.2) is 5.82 Å². The van der Waals surface area contributed by atoms with E-state index >= 15 is 0 Å². The van der Waals surface area contributed by atoms with Crippen molar-refractivity contribution in [3.63, 3.8) is 0 Å². The third kappa shape index (κ3) is 2.64. The highest BCUT2D eigenvalue weighted by molar-refractivity contribution is 5.92. The van der Waals surface area contributed by atoms with Gasteiger partial charge in [0.1, 0.15) is 17.6 Å². The Kier molecular flexibility index (Phi) is 3.48. The van der Waals surface area contributed by atoms with Crippen LogP contribution in [0.4, 0.5) is 21.6 Å². The average Bonchev–Trinajstić information content (AvgIpc) is 2.42. The summed E-state index contributed by atoms with van der Waals surface area (Å²) < 4.78 is 13.0. The van der Waals surface area contributed by atoms with Crippen LogP contribution in [0.25, 0.3) is 0 Å². The minimum atomic E-state index is -0.701. The lowest BCUT2D eigenvalue weighted by Crippen LogP contribution is -2.14. The first-order chi connectivity index (χ1) is 9.51. The second-order valence-corrected chi connectivity index (χ2v) is 3.93. The second kappa shape index (κ2) is 5.24. The molecule has 0 aliphatic rings. The van der Waals surface area contributed by atoms with E-state index in [9.17, 15) is 9.18 Å². The van der Waals surface area contributed by atoms with Crippen molar-refractivity contribution in [3.05, 3.63) is 47.4 Å². The monoisotopic (exact) mass is 271 g/mol. The van der Waals surface area contributed by atoms with Crippen molar-refractivity contribution in [1.82, 2.24) is 4.98 Å². The number of primary amides is 1. The summed E-state index contributed by atoms with van der Waals surface area (Å²) in [7, 11) is 0. The first-order valence-corrected chi connectivity index (χ1v) is 5.54. The maximum absolute atomic E-state index is 13.0. The number of nitriles is 1. The lowest BCUT2D eigenvalue weighted by molar-refractivity contribution is 0.0996. The molecular weight excluding hydrogens is 261 g/mol. The number of nitrogen functional groups attached to an aromatic ring is 1. The largest absolute Gasteiger partial charge is 0.396 e. The Morgan fingerprint density at radius 1 is 1.35 bits per heavy atom. The summed E-state index contributed by atoms with van der Waals surface area (Å²) in [5.74, 6) is -1.06. The number of aromatic nitrogens is 1. The molecule has 1 aromatic carbocycles. The molecular formula is C13H10FN5O. The van der Waals surface area contributed by atoms with Crippen LogP contribution in [-0.2, 0) is 0 Å². The van der Waals surface area contributed by atoms with Crippen molar-refractivity contribution in [2.24, 2.45) is 5.73 Å². The van der Waals surface area contributed by atoms with Crippen molar-refractivity contribution in [2.45, 2.75) is 0 Å². The molecule has 0 fully saturated rings. The minimum absolute atomic E-state index is 0.0299. The SMILES string of the molecule is N#Cc1cc(F)ccc1Nc1nc(C(N)=O)ccc1N. The molecule has 2 rings (SSSR count). The number of nitrogens with two attached hydrogens (primary N) is 2. The molecule has 0 aliphatic heterocycles. The van der Waals surface area contributed by atoms with Crippen LogP contribution < -0.4 is 16.8 Å². The first-order valence-electron chi connectivity index (χ1n) is 5.54. The first kappa shape index (κ1) is 13.3. The van der Waals surface area contributed by atoms with Crippen molar-refractivity contribution in [3.8, 4) is 6.07 Å². The van der Waals surface area contributed by atoms with E-state index < -0.39 is 11.7 Å². The van der Waals surface area contributed by atoms with Crippen molar-refractivity contribution in [2.75, 3.05) is 11.1 Å². The number of halogens is 1. The topological polar surface area (TPSA) is 118 Å². The maximum Gasteiger partial charge on any atom is 0.267 e. The van der Waals surface area contributed by atoms with Gasteiger partial charge in [0.25, 0.3) is 5.91 Å². The Hall–Kier alpha value is -3.14. The van der Waals surface area contributed by atoms with E-state index in [4.69, 9.17) is 16.7 Å². The molecule has 100 valence electrons. The number of hydrogen-bond acceptors (Lipinski definition) is 5. The van der Waals surface area contributed by atoms with Gasteiger partial charge in [-0.05, 0) is 30.3 Å². The summed E-state index contributed by atoms with van der Waals surface area (Å²) in [6, 6.07) is 8.35. The average molecular weight is 271 g/mol. The van der Waals surface area contributed by atoms with E-state index in [-0.39, 0.29) is 22.8 Å². The number of amides is 1. The summed E-state index contributed by atoms with van der Waals surface area (Å²) in [4.78, 5) is 15.0. The fourth-order valence-corrected chi connectivity index (χ4v) is 1.55. The van der Waals surface area contributed by atoms with E-state index in [1.54, 1.807) is 0 Å². The standard InChI is InChI=1S/C13H10FN5O/c14-8-1-3-10(7(5-8)6-15)18-13-9(16)2-4-11(19-13)12(17)20/h1-5H,16H2,(H2,17,20)(H,18,19). The van der Waals surface area contributed by atoms with Gasteiger partial charge in [-0.2, -0.15) is 5.26 Å². The summed E-state index contributed by atoms with van der Waals surface area (Å²) >= 11 is 0. The number of nitrogens with zero attached hydrogens (tertiary/aromatic N) is 2. The Labute approximate surface area is 113 Å². The number of carbonyl (C=O) groups excluding carboxylic acids is 1.